The van der Waals surface area contributed by atoms with Crippen LogP contribution in [0.15, 0.2) is 48.5 Å². The highest BCUT2D eigenvalue weighted by molar-refractivity contribution is 5.98. The van der Waals surface area contributed by atoms with Gasteiger partial charge in [-0.25, -0.2) is 0 Å². The molecule has 0 aliphatic carbocycles. The first-order valence-electron chi connectivity index (χ1n) is 8.62. The fourth-order valence-electron chi connectivity index (χ4n) is 2.70. The molecule has 2 amide bonds. The number of anilines is 1. The van der Waals surface area contributed by atoms with Crippen molar-refractivity contribution in [3.05, 3.63) is 65.2 Å². The van der Waals surface area contributed by atoms with Crippen molar-refractivity contribution >= 4 is 17.5 Å². The second-order valence-electron chi connectivity index (χ2n) is 6.71. The van der Waals surface area contributed by atoms with Gasteiger partial charge in [0.05, 0.1) is 5.92 Å². The van der Waals surface area contributed by atoms with Gasteiger partial charge in [-0.3, -0.25) is 9.59 Å². The SMILES string of the molecule is CNC(=O)c1cccc(NC(=O)C(C)c2ccc(CC(C)C)cc2)c1. The predicted molar refractivity (Wildman–Crippen MR) is 102 cm³/mol. The second-order valence-corrected chi connectivity index (χ2v) is 6.71. The third-order valence-corrected chi connectivity index (χ3v) is 4.14. The van der Waals surface area contributed by atoms with Gasteiger partial charge < -0.3 is 10.6 Å². The Morgan fingerprint density at radius 1 is 1.00 bits per heavy atom. The second kappa shape index (κ2) is 8.47. The lowest BCUT2D eigenvalue weighted by molar-refractivity contribution is -0.117. The molecule has 0 bridgehead atoms. The lowest BCUT2D eigenvalue weighted by atomic mass is 9.96. The maximum atomic E-state index is 12.5. The van der Waals surface area contributed by atoms with Crippen LogP contribution in [-0.2, 0) is 11.2 Å². The maximum Gasteiger partial charge on any atom is 0.251 e. The smallest absolute Gasteiger partial charge is 0.251 e. The zero-order valence-electron chi connectivity index (χ0n) is 15.3. The molecule has 2 N–H and O–H groups in total. The average Bonchev–Trinajstić information content (AvgIpc) is 2.60. The number of amides is 2. The number of hydrogen-bond donors (Lipinski definition) is 2. The van der Waals surface area contributed by atoms with Gasteiger partial charge in [-0.05, 0) is 48.6 Å². The summed E-state index contributed by atoms with van der Waals surface area (Å²) in [4.78, 5) is 24.2. The van der Waals surface area contributed by atoms with Crippen molar-refractivity contribution in [3.8, 4) is 0 Å². The first kappa shape index (κ1) is 18.7. The van der Waals surface area contributed by atoms with Gasteiger partial charge in [0, 0.05) is 18.3 Å². The third kappa shape index (κ3) is 5.18. The molecule has 0 saturated heterocycles. The average molecular weight is 338 g/mol. The molecule has 4 nitrogen and oxygen atoms in total. The first-order valence-corrected chi connectivity index (χ1v) is 8.62. The molecule has 0 radical (unpaired) electrons. The molecule has 0 spiro atoms. The minimum atomic E-state index is -0.267. The highest BCUT2D eigenvalue weighted by Gasteiger charge is 2.16. The molecule has 4 heteroatoms. The molecule has 1 atom stereocenters. The summed E-state index contributed by atoms with van der Waals surface area (Å²) in [6.07, 6.45) is 1.03. The Kier molecular flexibility index (Phi) is 6.34. The van der Waals surface area contributed by atoms with Crippen LogP contribution in [0.25, 0.3) is 0 Å². The fourth-order valence-corrected chi connectivity index (χ4v) is 2.70. The van der Waals surface area contributed by atoms with Crippen LogP contribution in [-0.4, -0.2) is 18.9 Å². The highest BCUT2D eigenvalue weighted by atomic mass is 16.2. The Bertz CT molecular complexity index is 736. The molecule has 0 aliphatic heterocycles. The summed E-state index contributed by atoms with van der Waals surface area (Å²) in [5.74, 6) is 0.0754. The predicted octanol–water partition coefficient (Wildman–Crippen LogP) is 3.99. The molecular weight excluding hydrogens is 312 g/mol. The standard InChI is InChI=1S/C21H26N2O2/c1-14(2)12-16-8-10-17(11-9-16)15(3)20(24)23-19-7-5-6-18(13-19)21(25)22-4/h5-11,13-15H,12H2,1-4H3,(H,22,25)(H,23,24). The minimum absolute atomic E-state index is 0.0920. The third-order valence-electron chi connectivity index (χ3n) is 4.14. The van der Waals surface area contributed by atoms with Gasteiger partial charge in [0.25, 0.3) is 5.91 Å². The maximum absolute atomic E-state index is 12.5. The molecule has 25 heavy (non-hydrogen) atoms. The van der Waals surface area contributed by atoms with Gasteiger partial charge in [-0.2, -0.15) is 0 Å². The van der Waals surface area contributed by atoms with E-state index in [-0.39, 0.29) is 17.7 Å². The van der Waals surface area contributed by atoms with Crippen LogP contribution in [0.5, 0.6) is 0 Å². The van der Waals surface area contributed by atoms with Crippen molar-refractivity contribution in [2.45, 2.75) is 33.1 Å². The summed E-state index contributed by atoms with van der Waals surface area (Å²) in [5.41, 5.74) is 3.40. The summed E-state index contributed by atoms with van der Waals surface area (Å²) >= 11 is 0. The zero-order valence-corrected chi connectivity index (χ0v) is 15.3. The van der Waals surface area contributed by atoms with Crippen molar-refractivity contribution in [2.24, 2.45) is 5.92 Å². The lowest BCUT2D eigenvalue weighted by Gasteiger charge is -2.14. The van der Waals surface area contributed by atoms with E-state index in [1.807, 2.05) is 19.1 Å². The molecule has 0 saturated carbocycles. The molecule has 2 aromatic carbocycles. The van der Waals surface area contributed by atoms with E-state index in [1.165, 1.54) is 5.56 Å². The molecule has 0 aromatic heterocycles. The van der Waals surface area contributed by atoms with Crippen LogP contribution in [0.3, 0.4) is 0 Å². The molecule has 2 rings (SSSR count). The number of benzene rings is 2. The minimum Gasteiger partial charge on any atom is -0.355 e. The Balaban J connectivity index is 2.06. The molecule has 0 aliphatic rings. The van der Waals surface area contributed by atoms with E-state index in [4.69, 9.17) is 0 Å². The highest BCUT2D eigenvalue weighted by Crippen LogP contribution is 2.20. The summed E-state index contributed by atoms with van der Waals surface area (Å²) in [6.45, 7) is 6.27. The normalized spacial score (nSPS) is 11.9. The Morgan fingerprint density at radius 3 is 2.28 bits per heavy atom. The van der Waals surface area contributed by atoms with Crippen LogP contribution in [0.4, 0.5) is 5.69 Å². The summed E-state index contributed by atoms with van der Waals surface area (Å²) in [5, 5.41) is 5.46. The van der Waals surface area contributed by atoms with Gasteiger partial charge in [0.2, 0.25) is 5.91 Å². The van der Waals surface area contributed by atoms with E-state index in [9.17, 15) is 9.59 Å². The van der Waals surface area contributed by atoms with Gasteiger partial charge in [-0.1, -0.05) is 44.2 Å². The molecule has 2 aromatic rings. The van der Waals surface area contributed by atoms with Crippen molar-refractivity contribution in [1.82, 2.24) is 5.32 Å². The monoisotopic (exact) mass is 338 g/mol. The number of hydrogen-bond acceptors (Lipinski definition) is 2. The van der Waals surface area contributed by atoms with Crippen molar-refractivity contribution in [3.63, 3.8) is 0 Å². The Hall–Kier alpha value is -2.62. The van der Waals surface area contributed by atoms with Crippen LogP contribution in [0.1, 0.15) is 48.2 Å². The van der Waals surface area contributed by atoms with E-state index >= 15 is 0 Å². The van der Waals surface area contributed by atoms with Crippen LogP contribution < -0.4 is 10.6 Å². The van der Waals surface area contributed by atoms with Crippen LogP contribution in [0.2, 0.25) is 0 Å². The van der Waals surface area contributed by atoms with E-state index in [0.717, 1.165) is 12.0 Å². The molecule has 0 heterocycles. The van der Waals surface area contributed by atoms with E-state index in [2.05, 4.69) is 36.6 Å². The van der Waals surface area contributed by atoms with Crippen LogP contribution in [0, 0.1) is 5.92 Å². The quantitative estimate of drug-likeness (QED) is 0.837. The summed E-state index contributed by atoms with van der Waals surface area (Å²) < 4.78 is 0. The van der Waals surface area contributed by atoms with Crippen molar-refractivity contribution < 1.29 is 9.59 Å². The number of rotatable bonds is 6. The van der Waals surface area contributed by atoms with Gasteiger partial charge in [0.15, 0.2) is 0 Å². The Morgan fingerprint density at radius 2 is 1.68 bits per heavy atom. The summed E-state index contributed by atoms with van der Waals surface area (Å²) in [6, 6.07) is 15.1. The Labute approximate surface area is 149 Å². The van der Waals surface area contributed by atoms with Crippen molar-refractivity contribution in [2.75, 3.05) is 12.4 Å². The molecule has 132 valence electrons. The van der Waals surface area contributed by atoms with E-state index in [1.54, 1.807) is 31.3 Å². The first-order chi connectivity index (χ1) is 11.9. The number of carbonyl (C=O) groups is 2. The topological polar surface area (TPSA) is 58.2 Å². The zero-order chi connectivity index (χ0) is 18.4. The molecular formula is C21H26N2O2. The fraction of sp³-hybridized carbons (Fsp3) is 0.333. The largest absolute Gasteiger partial charge is 0.355 e. The van der Waals surface area contributed by atoms with Gasteiger partial charge >= 0.3 is 0 Å². The summed E-state index contributed by atoms with van der Waals surface area (Å²) in [7, 11) is 1.58. The molecule has 1 unspecified atom stereocenters. The van der Waals surface area contributed by atoms with Crippen LogP contribution >= 0.6 is 0 Å². The van der Waals surface area contributed by atoms with E-state index in [0.29, 0.717) is 17.2 Å². The van der Waals surface area contributed by atoms with E-state index < -0.39 is 0 Å². The molecule has 0 fully saturated rings. The lowest BCUT2D eigenvalue weighted by Crippen LogP contribution is -2.20. The van der Waals surface area contributed by atoms with Crippen molar-refractivity contribution in [1.29, 1.82) is 0 Å². The van der Waals surface area contributed by atoms with Gasteiger partial charge in [-0.15, -0.1) is 0 Å². The number of carbonyl (C=O) groups excluding carboxylic acids is 2. The van der Waals surface area contributed by atoms with Gasteiger partial charge in [0.1, 0.15) is 0 Å². The number of nitrogens with one attached hydrogen (secondary N) is 2.